The summed E-state index contributed by atoms with van der Waals surface area (Å²) in [7, 11) is 0. The van der Waals surface area contributed by atoms with Crippen LogP contribution in [0, 0.1) is 0 Å². The van der Waals surface area contributed by atoms with Crippen LogP contribution in [0.5, 0.6) is 0 Å². The number of nitrogens with zero attached hydrogens (tertiary/aromatic N) is 1. The van der Waals surface area contributed by atoms with Crippen LogP contribution in [0.3, 0.4) is 0 Å². The van der Waals surface area contributed by atoms with Crippen molar-refractivity contribution < 1.29 is 24.2 Å². The molecule has 0 fully saturated rings. The van der Waals surface area contributed by atoms with E-state index >= 15 is 0 Å². The van der Waals surface area contributed by atoms with Gasteiger partial charge in [-0.2, -0.15) is 0 Å². The monoisotopic (exact) mass is 473 g/mol. The maximum atomic E-state index is 12.2. The van der Waals surface area contributed by atoms with E-state index in [0.29, 0.717) is 25.1 Å². The highest BCUT2D eigenvalue weighted by Gasteiger charge is 2.28. The van der Waals surface area contributed by atoms with Crippen LogP contribution in [0.25, 0.3) is 11.1 Å². The Hall–Kier alpha value is -4.20. The van der Waals surface area contributed by atoms with Gasteiger partial charge in [-0.3, -0.25) is 4.79 Å². The molecule has 35 heavy (non-hydrogen) atoms. The predicted molar refractivity (Wildman–Crippen MR) is 131 cm³/mol. The number of carboxylic acid groups (broad SMARTS) is 1. The zero-order valence-corrected chi connectivity index (χ0v) is 19.2. The maximum absolute atomic E-state index is 12.2. The lowest BCUT2D eigenvalue weighted by atomic mass is 9.98. The van der Waals surface area contributed by atoms with E-state index < -0.39 is 12.1 Å². The van der Waals surface area contributed by atoms with E-state index in [-0.39, 0.29) is 24.1 Å². The van der Waals surface area contributed by atoms with Crippen molar-refractivity contribution in [1.82, 2.24) is 10.3 Å². The zero-order valence-electron chi connectivity index (χ0n) is 19.2. The lowest BCUT2D eigenvalue weighted by molar-refractivity contribution is -0.116. The Balaban J connectivity index is 1.12. The second-order valence-corrected chi connectivity index (χ2v) is 8.35. The van der Waals surface area contributed by atoms with Crippen molar-refractivity contribution in [3.05, 3.63) is 83.7 Å². The third-order valence-corrected chi connectivity index (χ3v) is 5.96. The largest absolute Gasteiger partial charge is 0.477 e. The van der Waals surface area contributed by atoms with E-state index in [4.69, 9.17) is 9.84 Å². The van der Waals surface area contributed by atoms with Gasteiger partial charge in [-0.15, -0.1) is 0 Å². The molecule has 0 spiro atoms. The van der Waals surface area contributed by atoms with E-state index in [1.165, 1.54) is 40.6 Å². The van der Waals surface area contributed by atoms with Crippen molar-refractivity contribution >= 4 is 23.7 Å². The average molecular weight is 474 g/mol. The van der Waals surface area contributed by atoms with Crippen LogP contribution in [-0.2, 0) is 9.53 Å². The molecule has 4 rings (SSSR count). The van der Waals surface area contributed by atoms with Gasteiger partial charge in [-0.25, -0.2) is 14.6 Å². The Morgan fingerprint density at radius 3 is 2.20 bits per heavy atom. The van der Waals surface area contributed by atoms with Gasteiger partial charge in [0.1, 0.15) is 12.3 Å². The van der Waals surface area contributed by atoms with Gasteiger partial charge in [0.25, 0.3) is 0 Å². The Kier molecular flexibility index (Phi) is 7.72. The van der Waals surface area contributed by atoms with Crippen LogP contribution in [-0.4, -0.2) is 41.2 Å². The molecule has 1 aromatic heterocycles. The van der Waals surface area contributed by atoms with E-state index in [1.807, 2.05) is 24.3 Å². The topological polar surface area (TPSA) is 118 Å². The molecule has 0 aliphatic heterocycles. The van der Waals surface area contributed by atoms with Crippen molar-refractivity contribution in [3.8, 4) is 11.1 Å². The van der Waals surface area contributed by atoms with Crippen molar-refractivity contribution in [2.75, 3.05) is 18.5 Å². The molecule has 1 aliphatic carbocycles. The smallest absolute Gasteiger partial charge is 0.407 e. The van der Waals surface area contributed by atoms with Gasteiger partial charge in [0.15, 0.2) is 0 Å². The van der Waals surface area contributed by atoms with E-state index in [9.17, 15) is 14.4 Å². The van der Waals surface area contributed by atoms with Crippen LogP contribution in [0.4, 0.5) is 10.5 Å². The minimum Gasteiger partial charge on any atom is -0.477 e. The van der Waals surface area contributed by atoms with Gasteiger partial charge in [0.05, 0.1) is 11.9 Å². The molecule has 1 heterocycles. The van der Waals surface area contributed by atoms with Crippen LogP contribution in [0.15, 0.2) is 66.9 Å². The molecule has 3 N–H and O–H groups in total. The summed E-state index contributed by atoms with van der Waals surface area (Å²) in [6.07, 6.45) is 3.37. The highest BCUT2D eigenvalue weighted by Crippen LogP contribution is 2.44. The molecular formula is C27H27N3O5. The van der Waals surface area contributed by atoms with Crippen molar-refractivity contribution in [2.24, 2.45) is 0 Å². The van der Waals surface area contributed by atoms with Gasteiger partial charge < -0.3 is 20.5 Å². The van der Waals surface area contributed by atoms with Gasteiger partial charge >= 0.3 is 12.1 Å². The number of carbonyl (C=O) groups is 3. The Labute approximate surface area is 203 Å². The first-order valence-corrected chi connectivity index (χ1v) is 11.6. The number of hydrogen-bond donors (Lipinski definition) is 3. The Bertz CT molecular complexity index is 1160. The van der Waals surface area contributed by atoms with Gasteiger partial charge in [-0.05, 0) is 47.2 Å². The number of alkyl carbamates (subject to hydrolysis) is 1. The van der Waals surface area contributed by atoms with E-state index in [0.717, 1.165) is 12.8 Å². The Morgan fingerprint density at radius 1 is 0.886 bits per heavy atom. The molecule has 0 atom stereocenters. The second kappa shape index (κ2) is 11.3. The quantitative estimate of drug-likeness (QED) is 0.364. The standard InChI is InChI=1S/C27H27N3O5/c31-25(30-18-13-14-24(26(32)33)29-16-18)12-2-1-7-15-28-27(34)35-17-23-21-10-5-3-8-19(21)20-9-4-6-11-22(20)23/h3-6,8-11,13-14,16,23H,1-2,7,12,15,17H2,(H,28,34)(H,30,31)(H,32,33). The molecule has 0 bridgehead atoms. The molecule has 180 valence electrons. The molecule has 0 saturated heterocycles. The maximum Gasteiger partial charge on any atom is 0.407 e. The number of carboxylic acids is 1. The number of anilines is 1. The fourth-order valence-electron chi connectivity index (χ4n) is 4.25. The molecule has 0 saturated carbocycles. The van der Waals surface area contributed by atoms with Crippen LogP contribution in [0.1, 0.15) is 53.2 Å². The summed E-state index contributed by atoms with van der Waals surface area (Å²) in [6.45, 7) is 0.751. The summed E-state index contributed by atoms with van der Waals surface area (Å²) < 4.78 is 5.52. The normalized spacial score (nSPS) is 11.9. The lowest BCUT2D eigenvalue weighted by Crippen LogP contribution is -2.27. The number of rotatable bonds is 10. The number of amides is 2. The highest BCUT2D eigenvalue weighted by molar-refractivity contribution is 5.91. The van der Waals surface area contributed by atoms with Gasteiger partial charge in [0, 0.05) is 18.9 Å². The molecule has 1 aliphatic rings. The first-order chi connectivity index (χ1) is 17.0. The molecule has 3 aromatic rings. The fourth-order valence-corrected chi connectivity index (χ4v) is 4.25. The van der Waals surface area contributed by atoms with Crippen molar-refractivity contribution in [1.29, 1.82) is 0 Å². The number of fused-ring (bicyclic) bond motifs is 3. The molecule has 0 unspecified atom stereocenters. The fraction of sp³-hybridized carbons (Fsp3) is 0.259. The number of benzene rings is 2. The van der Waals surface area contributed by atoms with Crippen molar-refractivity contribution in [2.45, 2.75) is 31.6 Å². The molecule has 8 nitrogen and oxygen atoms in total. The number of hydrogen-bond acceptors (Lipinski definition) is 5. The molecule has 2 amide bonds. The van der Waals surface area contributed by atoms with Crippen molar-refractivity contribution in [3.63, 3.8) is 0 Å². The Morgan fingerprint density at radius 2 is 1.57 bits per heavy atom. The third kappa shape index (κ3) is 6.03. The number of aromatic nitrogens is 1. The second-order valence-electron chi connectivity index (χ2n) is 8.35. The number of aromatic carboxylic acids is 1. The summed E-state index contributed by atoms with van der Waals surface area (Å²) in [6, 6.07) is 19.3. The highest BCUT2D eigenvalue weighted by atomic mass is 16.5. The number of pyridine rings is 1. The summed E-state index contributed by atoms with van der Waals surface area (Å²) >= 11 is 0. The average Bonchev–Trinajstić information content (AvgIpc) is 3.19. The van der Waals surface area contributed by atoms with Crippen LogP contribution in [0.2, 0.25) is 0 Å². The number of unbranched alkanes of at least 4 members (excludes halogenated alkanes) is 2. The third-order valence-electron chi connectivity index (χ3n) is 5.96. The molecular weight excluding hydrogens is 446 g/mol. The van der Waals surface area contributed by atoms with Crippen LogP contribution >= 0.6 is 0 Å². The van der Waals surface area contributed by atoms with E-state index in [2.05, 4.69) is 39.9 Å². The molecule has 2 aromatic carbocycles. The first kappa shape index (κ1) is 23.9. The summed E-state index contributed by atoms with van der Waals surface area (Å²) in [5.74, 6) is -1.25. The summed E-state index contributed by atoms with van der Waals surface area (Å²) in [4.78, 5) is 38.8. The number of ether oxygens (including phenoxy) is 1. The zero-order chi connectivity index (χ0) is 24.6. The minimum absolute atomic E-state index is 0.0298. The summed E-state index contributed by atoms with van der Waals surface area (Å²) in [5.41, 5.74) is 5.11. The van der Waals surface area contributed by atoms with Gasteiger partial charge in [-0.1, -0.05) is 55.0 Å². The molecule has 0 radical (unpaired) electrons. The number of nitrogens with one attached hydrogen (secondary N) is 2. The summed E-state index contributed by atoms with van der Waals surface area (Å²) in [5, 5.41) is 14.3. The van der Waals surface area contributed by atoms with E-state index in [1.54, 1.807) is 0 Å². The minimum atomic E-state index is -1.12. The lowest BCUT2D eigenvalue weighted by Gasteiger charge is -2.14. The van der Waals surface area contributed by atoms with Gasteiger partial charge in [0.2, 0.25) is 5.91 Å². The predicted octanol–water partition coefficient (Wildman–Crippen LogP) is 4.82. The number of carbonyl (C=O) groups excluding carboxylic acids is 2. The molecule has 8 heteroatoms. The SMILES string of the molecule is O=C(CCCCCNC(=O)OCC1c2ccccc2-c2ccccc21)Nc1ccc(C(=O)O)nc1. The first-order valence-electron chi connectivity index (χ1n) is 11.6. The van der Waals surface area contributed by atoms with Crippen LogP contribution < -0.4 is 10.6 Å².